The largest absolute Gasteiger partial charge is 0.481 e. The molecule has 0 N–H and O–H groups in total. The maximum absolute atomic E-state index is 13.7. The highest BCUT2D eigenvalue weighted by Gasteiger charge is 2.14. The number of hydrogen-bond donors (Lipinski definition) is 0. The van der Waals surface area contributed by atoms with E-state index in [-0.39, 0.29) is 5.82 Å². The van der Waals surface area contributed by atoms with Gasteiger partial charge in [0, 0.05) is 43.0 Å². The molecule has 0 fully saturated rings. The highest BCUT2D eigenvalue weighted by molar-refractivity contribution is 5.80. The third-order valence-electron chi connectivity index (χ3n) is 5.02. The van der Waals surface area contributed by atoms with E-state index in [4.69, 9.17) is 9.72 Å². The molecule has 0 aliphatic rings. The van der Waals surface area contributed by atoms with Gasteiger partial charge in [-0.15, -0.1) is 0 Å². The Hall–Kier alpha value is -3.31. The number of fused-ring (bicyclic) bond motifs is 1. The number of halogens is 1. The summed E-state index contributed by atoms with van der Waals surface area (Å²) in [5.74, 6) is 0.385. The summed E-state index contributed by atoms with van der Waals surface area (Å²) in [5, 5.41) is 1.08. The van der Waals surface area contributed by atoms with Crippen molar-refractivity contribution < 1.29 is 9.13 Å². The number of pyridine rings is 2. The van der Waals surface area contributed by atoms with Crippen molar-refractivity contribution >= 4 is 10.9 Å². The Morgan fingerprint density at radius 2 is 1.77 bits per heavy atom. The van der Waals surface area contributed by atoms with Crippen LogP contribution in [0, 0.1) is 12.7 Å². The molecule has 0 amide bonds. The van der Waals surface area contributed by atoms with Crippen LogP contribution in [0.3, 0.4) is 0 Å². The van der Waals surface area contributed by atoms with Gasteiger partial charge in [-0.2, -0.15) is 0 Å². The number of methoxy groups -OCH3 is 1. The van der Waals surface area contributed by atoms with Crippen LogP contribution in [0.5, 0.6) is 5.88 Å². The Balaban J connectivity index is 1.68. The van der Waals surface area contributed by atoms with E-state index in [9.17, 15) is 4.39 Å². The van der Waals surface area contributed by atoms with Gasteiger partial charge < -0.3 is 4.74 Å². The first-order chi connectivity index (χ1) is 14.6. The Bertz CT molecular complexity index is 1150. The van der Waals surface area contributed by atoms with Crippen LogP contribution in [-0.4, -0.2) is 22.0 Å². The fourth-order valence-corrected chi connectivity index (χ4v) is 3.66. The van der Waals surface area contributed by atoms with Gasteiger partial charge >= 0.3 is 0 Å². The number of nitrogens with zero attached hydrogens (tertiary/aromatic N) is 3. The van der Waals surface area contributed by atoms with Crippen molar-refractivity contribution in [3.05, 3.63) is 101 Å². The van der Waals surface area contributed by atoms with Crippen LogP contribution in [-0.2, 0) is 19.6 Å². The van der Waals surface area contributed by atoms with E-state index in [2.05, 4.69) is 28.9 Å². The minimum atomic E-state index is -0.228. The third kappa shape index (κ3) is 4.81. The van der Waals surface area contributed by atoms with Crippen LogP contribution in [0.4, 0.5) is 4.39 Å². The van der Waals surface area contributed by atoms with Crippen molar-refractivity contribution in [1.82, 2.24) is 14.9 Å². The fourth-order valence-electron chi connectivity index (χ4n) is 3.66. The van der Waals surface area contributed by atoms with Crippen LogP contribution in [0.25, 0.3) is 10.9 Å². The summed E-state index contributed by atoms with van der Waals surface area (Å²) in [6.45, 7) is 3.97. The average Bonchev–Trinajstić information content (AvgIpc) is 2.74. The Morgan fingerprint density at radius 3 is 2.53 bits per heavy atom. The summed E-state index contributed by atoms with van der Waals surface area (Å²) in [6, 6.07) is 19.0. The molecule has 2 aromatic carbocycles. The molecule has 152 valence electrons. The topological polar surface area (TPSA) is 38.2 Å². The van der Waals surface area contributed by atoms with Crippen LogP contribution < -0.4 is 4.74 Å². The van der Waals surface area contributed by atoms with Crippen molar-refractivity contribution in [3.8, 4) is 5.88 Å². The molecule has 4 aromatic rings. The minimum Gasteiger partial charge on any atom is -0.481 e. The molecule has 0 bridgehead atoms. The lowest BCUT2D eigenvalue weighted by Gasteiger charge is -2.23. The van der Waals surface area contributed by atoms with Gasteiger partial charge in [0.15, 0.2) is 0 Å². The number of hydrogen-bond acceptors (Lipinski definition) is 4. The van der Waals surface area contributed by atoms with E-state index >= 15 is 0 Å². The second-order valence-corrected chi connectivity index (χ2v) is 7.49. The van der Waals surface area contributed by atoms with E-state index in [0.29, 0.717) is 25.5 Å². The first kappa shape index (κ1) is 20.0. The molecule has 0 unspecified atom stereocenters. The van der Waals surface area contributed by atoms with Gasteiger partial charge in [0.05, 0.1) is 12.6 Å². The number of aryl methyl sites for hydroxylation is 1. The second kappa shape index (κ2) is 9.01. The van der Waals surface area contributed by atoms with Crippen LogP contribution >= 0.6 is 0 Å². The number of rotatable bonds is 7. The number of aromatic nitrogens is 2. The van der Waals surface area contributed by atoms with Crippen molar-refractivity contribution in [2.24, 2.45) is 0 Å². The maximum atomic E-state index is 13.7. The summed E-state index contributed by atoms with van der Waals surface area (Å²) in [4.78, 5) is 11.2. The molecule has 4 nitrogen and oxygen atoms in total. The van der Waals surface area contributed by atoms with E-state index in [1.54, 1.807) is 25.4 Å². The molecule has 4 rings (SSSR count). The number of ether oxygens (including phenoxy) is 1. The van der Waals surface area contributed by atoms with Gasteiger partial charge in [-0.25, -0.2) is 9.37 Å². The van der Waals surface area contributed by atoms with Crippen LogP contribution in [0.15, 0.2) is 73.1 Å². The van der Waals surface area contributed by atoms with E-state index in [1.165, 1.54) is 11.6 Å². The Kier molecular flexibility index (Phi) is 6.00. The summed E-state index contributed by atoms with van der Waals surface area (Å²) in [7, 11) is 1.64. The zero-order chi connectivity index (χ0) is 20.9. The van der Waals surface area contributed by atoms with Gasteiger partial charge in [0.25, 0.3) is 0 Å². The van der Waals surface area contributed by atoms with Gasteiger partial charge in [0.1, 0.15) is 5.82 Å². The zero-order valence-corrected chi connectivity index (χ0v) is 17.2. The van der Waals surface area contributed by atoms with Crippen LogP contribution in [0.2, 0.25) is 0 Å². The maximum Gasteiger partial charge on any atom is 0.218 e. The molecular weight excluding hydrogens is 377 g/mol. The zero-order valence-electron chi connectivity index (χ0n) is 17.2. The molecule has 2 aromatic heterocycles. The van der Waals surface area contributed by atoms with Gasteiger partial charge in [-0.3, -0.25) is 9.88 Å². The van der Waals surface area contributed by atoms with Crippen molar-refractivity contribution in [1.29, 1.82) is 0 Å². The quantitative estimate of drug-likeness (QED) is 0.422. The standard InChI is InChI=1S/C25H24FN3O/c1-18-8-9-24-21(11-18)13-22(25(28-24)30-2)17-29(16-20-6-4-10-27-14-20)15-19-5-3-7-23(26)12-19/h3-14H,15-17H2,1-2H3. The van der Waals surface area contributed by atoms with Gasteiger partial charge in [-0.1, -0.05) is 29.8 Å². The monoisotopic (exact) mass is 401 g/mol. The molecule has 5 heteroatoms. The molecule has 0 atom stereocenters. The van der Waals surface area contributed by atoms with Gasteiger partial charge in [0.2, 0.25) is 5.88 Å². The molecule has 0 radical (unpaired) electrons. The van der Waals surface area contributed by atoms with Gasteiger partial charge in [-0.05, 0) is 54.4 Å². The Labute approximate surface area is 176 Å². The van der Waals surface area contributed by atoms with E-state index < -0.39 is 0 Å². The Morgan fingerprint density at radius 1 is 0.933 bits per heavy atom. The molecule has 0 aliphatic heterocycles. The highest BCUT2D eigenvalue weighted by Crippen LogP contribution is 2.25. The minimum absolute atomic E-state index is 0.228. The predicted molar refractivity (Wildman–Crippen MR) is 117 cm³/mol. The summed E-state index contributed by atoms with van der Waals surface area (Å²) in [6.07, 6.45) is 3.62. The third-order valence-corrected chi connectivity index (χ3v) is 5.02. The molecule has 30 heavy (non-hydrogen) atoms. The number of benzene rings is 2. The van der Waals surface area contributed by atoms with Crippen LogP contribution in [0.1, 0.15) is 22.3 Å². The lowest BCUT2D eigenvalue weighted by atomic mass is 10.1. The smallest absolute Gasteiger partial charge is 0.218 e. The lowest BCUT2D eigenvalue weighted by Crippen LogP contribution is -2.23. The van der Waals surface area contributed by atoms with E-state index in [0.717, 1.165) is 27.6 Å². The highest BCUT2D eigenvalue weighted by atomic mass is 19.1. The summed E-state index contributed by atoms with van der Waals surface area (Å²) >= 11 is 0. The van der Waals surface area contributed by atoms with Crippen molar-refractivity contribution in [2.45, 2.75) is 26.6 Å². The first-order valence-corrected chi connectivity index (χ1v) is 9.91. The molecule has 0 spiro atoms. The second-order valence-electron chi connectivity index (χ2n) is 7.49. The van der Waals surface area contributed by atoms with E-state index in [1.807, 2.05) is 36.5 Å². The normalized spacial score (nSPS) is 11.2. The predicted octanol–water partition coefficient (Wildman–Crippen LogP) is 5.29. The molecule has 2 heterocycles. The SMILES string of the molecule is COc1nc2ccc(C)cc2cc1CN(Cc1cccnc1)Cc1cccc(F)c1. The molecule has 0 saturated carbocycles. The molecule has 0 saturated heterocycles. The fraction of sp³-hybridized carbons (Fsp3) is 0.200. The molecule has 0 aliphatic carbocycles. The van der Waals surface area contributed by atoms with Crippen molar-refractivity contribution in [2.75, 3.05) is 7.11 Å². The van der Waals surface area contributed by atoms with Crippen molar-refractivity contribution in [3.63, 3.8) is 0 Å². The average molecular weight is 401 g/mol. The summed E-state index contributed by atoms with van der Waals surface area (Å²) < 4.78 is 19.3. The lowest BCUT2D eigenvalue weighted by molar-refractivity contribution is 0.242. The first-order valence-electron chi connectivity index (χ1n) is 9.91. The molecular formula is C25H24FN3O. The summed E-state index contributed by atoms with van der Waals surface area (Å²) in [5.41, 5.74) is 5.10.